The molecule has 1 N–H and O–H groups in total. The maximum atomic E-state index is 13.7. The molecule has 4 heteroatoms. The molecule has 4 rings (SSSR count). The molecule has 2 aromatic rings. The predicted molar refractivity (Wildman–Crippen MR) is 116 cm³/mol. The second-order valence-electron chi connectivity index (χ2n) is 8.53. The first kappa shape index (κ1) is 19.8. The van der Waals surface area contributed by atoms with Crippen molar-refractivity contribution >= 4 is 17.4 Å². The monoisotopic (exact) mass is 390 g/mol. The van der Waals surface area contributed by atoms with Gasteiger partial charge in [-0.3, -0.25) is 14.5 Å². The predicted octanol–water partition coefficient (Wildman–Crippen LogP) is 4.55. The fraction of sp³-hybridized carbons (Fsp3) is 0.440. The summed E-state index contributed by atoms with van der Waals surface area (Å²) in [6.45, 7) is 5.59. The van der Waals surface area contributed by atoms with Crippen molar-refractivity contribution in [2.45, 2.75) is 57.9 Å². The van der Waals surface area contributed by atoms with Crippen molar-refractivity contribution in [2.24, 2.45) is 0 Å². The van der Waals surface area contributed by atoms with Gasteiger partial charge in [0.05, 0.1) is 5.54 Å². The van der Waals surface area contributed by atoms with Crippen molar-refractivity contribution in [1.29, 1.82) is 0 Å². The van der Waals surface area contributed by atoms with Crippen LogP contribution in [0.2, 0.25) is 0 Å². The van der Waals surface area contributed by atoms with E-state index in [1.807, 2.05) is 18.2 Å². The number of ketones is 1. The van der Waals surface area contributed by atoms with E-state index < -0.39 is 0 Å². The molecule has 0 bridgehead atoms. The van der Waals surface area contributed by atoms with Gasteiger partial charge in [0.1, 0.15) is 0 Å². The molecular weight excluding hydrogens is 360 g/mol. The Hall–Kier alpha value is -2.46. The van der Waals surface area contributed by atoms with Gasteiger partial charge in [-0.2, -0.15) is 0 Å². The summed E-state index contributed by atoms with van der Waals surface area (Å²) in [6, 6.07) is 14.3. The fourth-order valence-electron chi connectivity index (χ4n) is 5.11. The van der Waals surface area contributed by atoms with Gasteiger partial charge in [-0.25, -0.2) is 0 Å². The van der Waals surface area contributed by atoms with Crippen LogP contribution in [0.4, 0.5) is 5.69 Å². The van der Waals surface area contributed by atoms with Gasteiger partial charge >= 0.3 is 0 Å². The van der Waals surface area contributed by atoms with E-state index in [1.54, 1.807) is 0 Å². The zero-order valence-corrected chi connectivity index (χ0v) is 17.5. The molecule has 1 amide bonds. The Morgan fingerprint density at radius 1 is 1.14 bits per heavy atom. The Labute approximate surface area is 173 Å². The van der Waals surface area contributed by atoms with E-state index in [9.17, 15) is 9.59 Å². The number of likely N-dealkylation sites (tertiary alicyclic amines) is 1. The Bertz CT molecular complexity index is 936. The Morgan fingerprint density at radius 2 is 1.97 bits per heavy atom. The lowest BCUT2D eigenvalue weighted by Crippen LogP contribution is -2.59. The first-order valence-electron chi connectivity index (χ1n) is 10.7. The van der Waals surface area contributed by atoms with E-state index in [2.05, 4.69) is 41.4 Å². The zero-order valence-electron chi connectivity index (χ0n) is 17.5. The maximum absolute atomic E-state index is 13.7. The van der Waals surface area contributed by atoms with Gasteiger partial charge in [0.25, 0.3) is 0 Å². The fourth-order valence-corrected chi connectivity index (χ4v) is 5.11. The number of anilines is 1. The van der Waals surface area contributed by atoms with Gasteiger partial charge in [0.2, 0.25) is 5.91 Å². The number of Topliss-reactive ketones (excluding diaryl/α,β-unsaturated/α-hetero) is 1. The molecule has 1 aliphatic heterocycles. The van der Waals surface area contributed by atoms with Crippen LogP contribution in [0.15, 0.2) is 42.5 Å². The summed E-state index contributed by atoms with van der Waals surface area (Å²) in [4.78, 5) is 27.5. The molecule has 1 fully saturated rings. The average molecular weight is 391 g/mol. The molecule has 1 heterocycles. The normalized spacial score (nSPS) is 21.8. The summed E-state index contributed by atoms with van der Waals surface area (Å²) < 4.78 is 0. The standard InChI is InChI=1S/C25H30N2O2/c1-18-7-3-4-8-20(18)12-16-27-15-6-5-13-25(27)14-11-21-17-22(26-19(2)28)9-10-23(21)24(25)29/h3-4,7-10,17H,5-6,11-16H2,1-2H3,(H,26,28). The molecule has 0 saturated carbocycles. The molecule has 1 atom stereocenters. The average Bonchev–Trinajstić information content (AvgIpc) is 2.71. The van der Waals surface area contributed by atoms with E-state index in [-0.39, 0.29) is 17.2 Å². The van der Waals surface area contributed by atoms with Gasteiger partial charge in [0, 0.05) is 24.7 Å². The summed E-state index contributed by atoms with van der Waals surface area (Å²) in [5, 5.41) is 2.83. The maximum Gasteiger partial charge on any atom is 0.221 e. The first-order chi connectivity index (χ1) is 14.0. The van der Waals surface area contributed by atoms with Gasteiger partial charge in [-0.15, -0.1) is 0 Å². The van der Waals surface area contributed by atoms with Crippen LogP contribution in [-0.2, 0) is 17.6 Å². The summed E-state index contributed by atoms with van der Waals surface area (Å²) >= 11 is 0. The highest BCUT2D eigenvalue weighted by molar-refractivity contribution is 6.06. The number of benzene rings is 2. The van der Waals surface area contributed by atoms with E-state index in [0.717, 1.165) is 68.4 Å². The lowest BCUT2D eigenvalue weighted by atomic mass is 9.71. The second-order valence-corrected chi connectivity index (χ2v) is 8.53. The number of hydrogen-bond donors (Lipinski definition) is 1. The molecule has 1 saturated heterocycles. The number of hydrogen-bond acceptors (Lipinski definition) is 3. The Balaban J connectivity index is 1.57. The number of rotatable bonds is 4. The van der Waals surface area contributed by atoms with Crippen molar-refractivity contribution in [2.75, 3.05) is 18.4 Å². The van der Waals surface area contributed by atoms with Crippen LogP contribution < -0.4 is 5.32 Å². The van der Waals surface area contributed by atoms with Crippen LogP contribution in [0.5, 0.6) is 0 Å². The molecule has 0 radical (unpaired) electrons. The topological polar surface area (TPSA) is 49.4 Å². The lowest BCUT2D eigenvalue weighted by molar-refractivity contribution is -0.114. The van der Waals surface area contributed by atoms with E-state index in [1.165, 1.54) is 18.1 Å². The minimum absolute atomic E-state index is 0.0850. The van der Waals surface area contributed by atoms with Crippen molar-refractivity contribution < 1.29 is 9.59 Å². The van der Waals surface area contributed by atoms with Crippen LogP contribution >= 0.6 is 0 Å². The molecular formula is C25H30N2O2. The third-order valence-corrected chi connectivity index (χ3v) is 6.69. The molecule has 1 spiro atoms. The van der Waals surface area contributed by atoms with Crippen LogP contribution in [-0.4, -0.2) is 35.2 Å². The molecule has 1 aliphatic carbocycles. The summed E-state index contributed by atoms with van der Waals surface area (Å²) in [6.07, 6.45) is 5.97. The van der Waals surface area contributed by atoms with Gasteiger partial charge in [-0.1, -0.05) is 24.3 Å². The summed E-state index contributed by atoms with van der Waals surface area (Å²) in [7, 11) is 0. The Kier molecular flexibility index (Phi) is 5.55. The number of piperidine rings is 1. The molecule has 2 aromatic carbocycles. The summed E-state index contributed by atoms with van der Waals surface area (Å²) in [5.41, 5.74) is 5.02. The zero-order chi connectivity index (χ0) is 20.4. The third kappa shape index (κ3) is 3.86. The SMILES string of the molecule is CC(=O)Nc1ccc2c(c1)CCC1(CCCCN1CCc1ccccc1C)C2=O. The number of aryl methyl sites for hydroxylation is 2. The number of fused-ring (bicyclic) bond motifs is 1. The van der Waals surface area contributed by atoms with E-state index >= 15 is 0 Å². The highest BCUT2D eigenvalue weighted by Crippen LogP contribution is 2.40. The first-order valence-corrected chi connectivity index (χ1v) is 10.7. The minimum Gasteiger partial charge on any atom is -0.326 e. The van der Waals surface area contributed by atoms with Crippen LogP contribution in [0.3, 0.4) is 0 Å². The van der Waals surface area contributed by atoms with Crippen molar-refractivity contribution in [3.63, 3.8) is 0 Å². The molecule has 29 heavy (non-hydrogen) atoms. The van der Waals surface area contributed by atoms with Crippen LogP contribution in [0, 0.1) is 6.92 Å². The number of carbonyl (C=O) groups excluding carboxylic acids is 2. The number of nitrogens with one attached hydrogen (secondary N) is 1. The number of carbonyl (C=O) groups is 2. The molecule has 1 unspecified atom stereocenters. The second kappa shape index (κ2) is 8.11. The molecule has 2 aliphatic rings. The van der Waals surface area contributed by atoms with Crippen molar-refractivity contribution in [3.05, 3.63) is 64.7 Å². The Morgan fingerprint density at radius 3 is 2.76 bits per heavy atom. The molecule has 0 aromatic heterocycles. The molecule has 152 valence electrons. The molecule has 4 nitrogen and oxygen atoms in total. The quantitative estimate of drug-likeness (QED) is 0.833. The summed E-state index contributed by atoms with van der Waals surface area (Å²) in [5.74, 6) is 0.191. The smallest absolute Gasteiger partial charge is 0.221 e. The largest absolute Gasteiger partial charge is 0.326 e. The lowest BCUT2D eigenvalue weighted by Gasteiger charge is -2.48. The van der Waals surface area contributed by atoms with Gasteiger partial charge in [-0.05, 0) is 86.9 Å². The van der Waals surface area contributed by atoms with Gasteiger partial charge < -0.3 is 5.32 Å². The number of amides is 1. The number of nitrogens with zero attached hydrogens (tertiary/aromatic N) is 1. The van der Waals surface area contributed by atoms with Gasteiger partial charge in [0.15, 0.2) is 5.78 Å². The van der Waals surface area contributed by atoms with E-state index in [0.29, 0.717) is 0 Å². The van der Waals surface area contributed by atoms with Crippen LogP contribution in [0.1, 0.15) is 59.7 Å². The van der Waals surface area contributed by atoms with Crippen molar-refractivity contribution in [3.8, 4) is 0 Å². The van der Waals surface area contributed by atoms with Crippen LogP contribution in [0.25, 0.3) is 0 Å². The highest BCUT2D eigenvalue weighted by Gasteiger charge is 2.47. The van der Waals surface area contributed by atoms with E-state index in [4.69, 9.17) is 0 Å². The third-order valence-electron chi connectivity index (χ3n) is 6.69. The van der Waals surface area contributed by atoms with Crippen molar-refractivity contribution in [1.82, 2.24) is 4.90 Å². The highest BCUT2D eigenvalue weighted by atomic mass is 16.1. The minimum atomic E-state index is -0.358.